The summed E-state index contributed by atoms with van der Waals surface area (Å²) in [6, 6.07) is 10.9. The molecule has 36 heavy (non-hydrogen) atoms. The summed E-state index contributed by atoms with van der Waals surface area (Å²) in [6.07, 6.45) is 35.4. The van der Waals surface area contributed by atoms with E-state index in [1.807, 2.05) is 0 Å². The Morgan fingerprint density at radius 3 is 1.47 bits per heavy atom. The average molecular weight is 496 g/mol. The van der Waals surface area contributed by atoms with E-state index >= 15 is 0 Å². The Kier molecular flexibility index (Phi) is 18.3. The van der Waals surface area contributed by atoms with Gasteiger partial charge in [0.05, 0.1) is 6.54 Å². The SMILES string of the molecule is CCCCCCCCCCCCCC[n+]1ccn(-c2ccccc2)c1CCCCCCCCCCC. The fourth-order valence-corrected chi connectivity index (χ4v) is 5.47. The maximum Gasteiger partial charge on any atom is 0.261 e. The van der Waals surface area contributed by atoms with Gasteiger partial charge in [-0.05, 0) is 31.4 Å². The average Bonchev–Trinajstić information content (AvgIpc) is 3.31. The van der Waals surface area contributed by atoms with Crippen molar-refractivity contribution in [1.29, 1.82) is 0 Å². The van der Waals surface area contributed by atoms with Crippen LogP contribution < -0.4 is 4.57 Å². The van der Waals surface area contributed by atoms with Crippen molar-refractivity contribution >= 4 is 0 Å². The molecule has 1 aromatic carbocycles. The predicted octanol–water partition coefficient (Wildman–Crippen LogP) is 10.5. The van der Waals surface area contributed by atoms with Crippen LogP contribution in [0, 0.1) is 0 Å². The molecule has 0 atom stereocenters. The zero-order valence-electron chi connectivity index (χ0n) is 24.2. The first-order valence-corrected chi connectivity index (χ1v) is 16.0. The van der Waals surface area contributed by atoms with Crippen molar-refractivity contribution in [3.8, 4) is 5.69 Å². The zero-order chi connectivity index (χ0) is 25.5. The molecule has 2 aromatic rings. The lowest BCUT2D eigenvalue weighted by molar-refractivity contribution is -0.704. The minimum atomic E-state index is 1.17. The molecule has 0 spiro atoms. The number of benzene rings is 1. The maximum atomic E-state index is 2.55. The van der Waals surface area contributed by atoms with Crippen molar-refractivity contribution in [3.63, 3.8) is 0 Å². The van der Waals surface area contributed by atoms with Crippen LogP contribution >= 0.6 is 0 Å². The predicted molar refractivity (Wildman–Crippen MR) is 158 cm³/mol. The minimum Gasteiger partial charge on any atom is -0.234 e. The van der Waals surface area contributed by atoms with E-state index in [0.29, 0.717) is 0 Å². The summed E-state index contributed by atoms with van der Waals surface area (Å²) in [4.78, 5) is 0. The normalized spacial score (nSPS) is 11.4. The fraction of sp³-hybridized carbons (Fsp3) is 0.735. The molecule has 0 N–H and O–H groups in total. The third kappa shape index (κ3) is 13.7. The van der Waals surface area contributed by atoms with Crippen LogP contribution in [-0.2, 0) is 13.0 Å². The Balaban J connectivity index is 1.67. The van der Waals surface area contributed by atoms with Crippen molar-refractivity contribution in [1.82, 2.24) is 4.57 Å². The van der Waals surface area contributed by atoms with Crippen LogP contribution in [0.5, 0.6) is 0 Å². The Bertz CT molecular complexity index is 733. The molecular formula is C34H59N2+. The van der Waals surface area contributed by atoms with Gasteiger partial charge in [-0.1, -0.05) is 148 Å². The van der Waals surface area contributed by atoms with Crippen LogP contribution in [0.3, 0.4) is 0 Å². The van der Waals surface area contributed by atoms with E-state index in [9.17, 15) is 0 Å². The first-order chi connectivity index (χ1) is 17.9. The lowest BCUT2D eigenvalue weighted by atomic mass is 10.1. The highest BCUT2D eigenvalue weighted by Crippen LogP contribution is 2.15. The molecule has 0 aliphatic carbocycles. The van der Waals surface area contributed by atoms with E-state index < -0.39 is 0 Å². The van der Waals surface area contributed by atoms with Crippen LogP contribution in [0.2, 0.25) is 0 Å². The number of nitrogens with zero attached hydrogens (tertiary/aromatic N) is 2. The second-order valence-electron chi connectivity index (χ2n) is 11.1. The molecule has 0 aliphatic heterocycles. The third-order valence-electron chi connectivity index (χ3n) is 7.80. The van der Waals surface area contributed by atoms with E-state index in [0.717, 1.165) is 0 Å². The molecule has 0 fully saturated rings. The lowest BCUT2D eigenvalue weighted by Crippen LogP contribution is -2.37. The van der Waals surface area contributed by atoms with Gasteiger partial charge in [0.2, 0.25) is 0 Å². The lowest BCUT2D eigenvalue weighted by Gasteiger charge is -2.07. The highest BCUT2D eigenvalue weighted by molar-refractivity contribution is 5.31. The smallest absolute Gasteiger partial charge is 0.234 e. The van der Waals surface area contributed by atoms with E-state index in [1.54, 1.807) is 0 Å². The molecule has 1 aromatic heterocycles. The molecule has 0 saturated carbocycles. The monoisotopic (exact) mass is 495 g/mol. The topological polar surface area (TPSA) is 8.81 Å². The highest BCUT2D eigenvalue weighted by Gasteiger charge is 2.18. The van der Waals surface area contributed by atoms with Crippen molar-refractivity contribution in [3.05, 3.63) is 48.5 Å². The molecule has 2 rings (SSSR count). The molecule has 0 saturated heterocycles. The summed E-state index contributed by atoms with van der Waals surface area (Å²) in [5.74, 6) is 1.49. The molecule has 0 aliphatic rings. The Labute approximate surface area is 224 Å². The molecular weight excluding hydrogens is 436 g/mol. The van der Waals surface area contributed by atoms with Gasteiger partial charge in [0.1, 0.15) is 18.1 Å². The van der Waals surface area contributed by atoms with Gasteiger partial charge in [-0.2, -0.15) is 4.57 Å². The number of imidazole rings is 1. The van der Waals surface area contributed by atoms with E-state index in [4.69, 9.17) is 0 Å². The molecule has 0 radical (unpaired) electrons. The summed E-state index contributed by atoms with van der Waals surface area (Å²) < 4.78 is 4.99. The zero-order valence-corrected chi connectivity index (χ0v) is 24.2. The summed E-state index contributed by atoms with van der Waals surface area (Å²) >= 11 is 0. The van der Waals surface area contributed by atoms with E-state index in [1.165, 1.54) is 159 Å². The van der Waals surface area contributed by atoms with Crippen LogP contribution in [0.25, 0.3) is 5.69 Å². The maximum absolute atomic E-state index is 2.55. The number of aryl methyl sites for hydroxylation is 1. The number of para-hydroxylation sites is 1. The standard InChI is InChI=1S/C34H59N2/c1-3-5-7-9-11-13-14-15-17-19-21-26-30-35-31-32-36(33-27-23-22-24-28-33)34(35)29-25-20-18-16-12-10-8-6-4-2/h22-24,27-28,31-32H,3-21,25-26,29-30H2,1-2H3/q+1. The van der Waals surface area contributed by atoms with Gasteiger partial charge in [-0.15, -0.1) is 0 Å². The molecule has 0 unspecified atom stereocenters. The van der Waals surface area contributed by atoms with Crippen LogP contribution in [0.1, 0.15) is 155 Å². The fourth-order valence-electron chi connectivity index (χ4n) is 5.47. The minimum absolute atomic E-state index is 1.17. The van der Waals surface area contributed by atoms with Crippen molar-refractivity contribution < 1.29 is 4.57 Å². The molecule has 2 nitrogen and oxygen atoms in total. The van der Waals surface area contributed by atoms with E-state index in [-0.39, 0.29) is 0 Å². The number of aromatic nitrogens is 2. The summed E-state index contributed by atoms with van der Waals surface area (Å²) in [5, 5.41) is 0. The van der Waals surface area contributed by atoms with Gasteiger partial charge in [-0.25, -0.2) is 4.57 Å². The van der Waals surface area contributed by atoms with Crippen LogP contribution in [-0.4, -0.2) is 4.57 Å². The Hall–Kier alpha value is -1.57. The van der Waals surface area contributed by atoms with Crippen LogP contribution in [0.15, 0.2) is 42.7 Å². The van der Waals surface area contributed by atoms with Gasteiger partial charge >= 0.3 is 0 Å². The quantitative estimate of drug-likeness (QED) is 0.101. The highest BCUT2D eigenvalue weighted by atomic mass is 15.1. The summed E-state index contributed by atoms with van der Waals surface area (Å²) in [7, 11) is 0. The van der Waals surface area contributed by atoms with Gasteiger partial charge in [0, 0.05) is 6.42 Å². The van der Waals surface area contributed by atoms with Gasteiger partial charge in [-0.3, -0.25) is 0 Å². The molecule has 1 heterocycles. The first kappa shape index (κ1) is 30.7. The summed E-state index contributed by atoms with van der Waals surface area (Å²) in [5.41, 5.74) is 1.30. The molecule has 204 valence electrons. The Morgan fingerprint density at radius 1 is 0.528 bits per heavy atom. The van der Waals surface area contributed by atoms with Crippen molar-refractivity contribution in [2.24, 2.45) is 0 Å². The second kappa shape index (κ2) is 21.5. The van der Waals surface area contributed by atoms with Gasteiger partial charge < -0.3 is 0 Å². The van der Waals surface area contributed by atoms with Gasteiger partial charge in [0.25, 0.3) is 5.82 Å². The largest absolute Gasteiger partial charge is 0.261 e. The second-order valence-corrected chi connectivity index (χ2v) is 11.1. The van der Waals surface area contributed by atoms with Gasteiger partial charge in [0.15, 0.2) is 0 Å². The number of unbranched alkanes of at least 4 members (excludes halogenated alkanes) is 19. The van der Waals surface area contributed by atoms with Crippen LogP contribution in [0.4, 0.5) is 0 Å². The number of hydrogen-bond donors (Lipinski definition) is 0. The molecule has 2 heteroatoms. The third-order valence-corrected chi connectivity index (χ3v) is 7.80. The van der Waals surface area contributed by atoms with E-state index in [2.05, 4.69) is 65.7 Å². The first-order valence-electron chi connectivity index (χ1n) is 16.0. The summed E-state index contributed by atoms with van der Waals surface area (Å²) in [6.45, 7) is 5.77. The number of hydrogen-bond acceptors (Lipinski definition) is 0. The molecule has 0 amide bonds. The molecule has 0 bridgehead atoms. The van der Waals surface area contributed by atoms with Crippen molar-refractivity contribution in [2.45, 2.75) is 162 Å². The number of rotatable bonds is 24. The Morgan fingerprint density at radius 2 is 0.972 bits per heavy atom. The van der Waals surface area contributed by atoms with Crippen molar-refractivity contribution in [2.75, 3.05) is 0 Å².